The molecular weight excluding hydrogens is 394 g/mol. The van der Waals surface area contributed by atoms with Gasteiger partial charge in [-0.2, -0.15) is 0 Å². The lowest BCUT2D eigenvalue weighted by Gasteiger charge is -2.35. The summed E-state index contributed by atoms with van der Waals surface area (Å²) in [5.41, 5.74) is 9.22. The average molecular weight is 422 g/mol. The van der Waals surface area contributed by atoms with E-state index in [2.05, 4.69) is 15.6 Å². The molecule has 156 valence electrons. The van der Waals surface area contributed by atoms with E-state index in [1.54, 1.807) is 11.1 Å². The molecule has 2 aliphatic rings. The molecule has 1 fully saturated rings. The summed E-state index contributed by atoms with van der Waals surface area (Å²) in [5, 5.41) is 6.78. The Morgan fingerprint density at radius 3 is 2.73 bits per heavy atom. The van der Waals surface area contributed by atoms with E-state index in [9.17, 15) is 4.79 Å². The molecule has 7 heteroatoms. The van der Waals surface area contributed by atoms with Gasteiger partial charge in [-0.05, 0) is 42.2 Å². The summed E-state index contributed by atoms with van der Waals surface area (Å²) in [6.45, 7) is 1.27. The third kappa shape index (κ3) is 4.79. The number of amides is 1. The number of hydrogen-bond acceptors (Lipinski definition) is 5. The van der Waals surface area contributed by atoms with Crippen LogP contribution in [0.15, 0.2) is 59.9 Å². The van der Waals surface area contributed by atoms with Crippen molar-refractivity contribution in [3.05, 3.63) is 65.5 Å². The Kier molecular flexibility index (Phi) is 5.99. The van der Waals surface area contributed by atoms with Crippen LogP contribution in [0, 0.1) is 11.8 Å². The van der Waals surface area contributed by atoms with Crippen molar-refractivity contribution in [1.29, 1.82) is 0 Å². The summed E-state index contributed by atoms with van der Waals surface area (Å²) < 4.78 is 0. The molecule has 4 N–H and O–H groups in total. The number of nitrogen functional groups attached to an aromatic ring is 1. The molecule has 1 aromatic heterocycles. The summed E-state index contributed by atoms with van der Waals surface area (Å²) in [6.07, 6.45) is 5.30. The maximum atomic E-state index is 13.2. The molecule has 1 saturated carbocycles. The van der Waals surface area contributed by atoms with Gasteiger partial charge in [-0.1, -0.05) is 43.3 Å². The van der Waals surface area contributed by atoms with Crippen molar-refractivity contribution in [2.75, 3.05) is 24.6 Å². The molecule has 2 heterocycles. The maximum absolute atomic E-state index is 13.2. The van der Waals surface area contributed by atoms with Crippen molar-refractivity contribution >= 4 is 34.6 Å². The molecule has 1 aliphatic heterocycles. The summed E-state index contributed by atoms with van der Waals surface area (Å²) in [4.78, 5) is 19.4. The fraction of sp³-hybridized carbons (Fsp3) is 0.348. The lowest BCUT2D eigenvalue weighted by atomic mass is 9.89. The van der Waals surface area contributed by atoms with E-state index in [4.69, 9.17) is 18.0 Å². The fourth-order valence-electron chi connectivity index (χ4n) is 3.93. The number of carbonyl (C=O) groups excluding carboxylic acids is 1. The highest BCUT2D eigenvalue weighted by Gasteiger charge is 2.37. The Bertz CT molecular complexity index is 971. The van der Waals surface area contributed by atoms with Crippen molar-refractivity contribution in [2.45, 2.75) is 25.8 Å². The Labute approximate surface area is 182 Å². The molecule has 1 atom stereocenters. The first-order valence-electron chi connectivity index (χ1n) is 10.3. The lowest BCUT2D eigenvalue weighted by molar-refractivity contribution is -0.126. The predicted octanol–water partition coefficient (Wildman–Crippen LogP) is 3.34. The number of carbonyl (C=O) groups is 1. The second-order valence-electron chi connectivity index (χ2n) is 8.11. The van der Waals surface area contributed by atoms with Gasteiger partial charge in [0.1, 0.15) is 10.8 Å². The molecule has 4 rings (SSSR count). The molecular formula is C23H27N5OS. The van der Waals surface area contributed by atoms with Crippen LogP contribution in [0.5, 0.6) is 0 Å². The number of pyridine rings is 1. The van der Waals surface area contributed by atoms with Crippen LogP contribution in [-0.2, 0) is 11.3 Å². The summed E-state index contributed by atoms with van der Waals surface area (Å²) >= 11 is 5.71. The van der Waals surface area contributed by atoms with Crippen LogP contribution in [0.2, 0.25) is 0 Å². The van der Waals surface area contributed by atoms with E-state index in [1.165, 1.54) is 12.8 Å². The molecule has 1 aromatic carbocycles. The number of nitrogens with two attached hydrogens (primary N) is 1. The number of benzene rings is 1. The number of likely N-dealkylation sites (N-methyl/N-ethyl adjacent to an activating group) is 1. The number of nitrogens with one attached hydrogen (secondary N) is 2. The largest absolute Gasteiger partial charge is 0.384 e. The Balaban J connectivity index is 1.64. The van der Waals surface area contributed by atoms with Gasteiger partial charge in [-0.25, -0.2) is 4.98 Å². The number of para-hydroxylation sites is 1. The monoisotopic (exact) mass is 421 g/mol. The number of nitrogens with zero attached hydrogens (tertiary/aromatic N) is 2. The van der Waals surface area contributed by atoms with Gasteiger partial charge in [0.2, 0.25) is 0 Å². The van der Waals surface area contributed by atoms with E-state index >= 15 is 0 Å². The van der Waals surface area contributed by atoms with Crippen LogP contribution in [0.1, 0.15) is 24.8 Å². The van der Waals surface area contributed by atoms with E-state index in [0.717, 1.165) is 29.3 Å². The third-order valence-corrected chi connectivity index (χ3v) is 5.94. The number of aromatic nitrogens is 1. The van der Waals surface area contributed by atoms with Crippen LogP contribution in [0.4, 0.5) is 11.5 Å². The zero-order valence-electron chi connectivity index (χ0n) is 17.1. The standard InChI is InChI=1S/C23H27N5OS/c1-28-14-17(11-15-7-8-15)21(26-13-16-9-10-25-19(24)12-16)20(23(28)29)22(30)27-18-5-3-2-4-6-18/h2-6,9-10,12,15,17,26H,7-8,11,13-14H2,1H3,(H2,24,25)(H,27,30). The summed E-state index contributed by atoms with van der Waals surface area (Å²) in [5.74, 6) is 1.41. The molecule has 0 saturated heterocycles. The molecule has 2 aromatic rings. The van der Waals surface area contributed by atoms with E-state index in [0.29, 0.717) is 29.5 Å². The minimum Gasteiger partial charge on any atom is -0.384 e. The van der Waals surface area contributed by atoms with Crippen molar-refractivity contribution in [1.82, 2.24) is 15.2 Å². The van der Waals surface area contributed by atoms with E-state index in [-0.39, 0.29) is 11.8 Å². The van der Waals surface area contributed by atoms with Gasteiger partial charge in [-0.15, -0.1) is 0 Å². The minimum absolute atomic E-state index is 0.0489. The van der Waals surface area contributed by atoms with Crippen molar-refractivity contribution < 1.29 is 4.79 Å². The lowest BCUT2D eigenvalue weighted by Crippen LogP contribution is -2.45. The van der Waals surface area contributed by atoms with Gasteiger partial charge >= 0.3 is 0 Å². The number of hydrogen-bond donors (Lipinski definition) is 3. The number of thiocarbonyl (C=S) groups is 1. The van der Waals surface area contributed by atoms with Gasteiger partial charge in [0.05, 0.1) is 5.57 Å². The molecule has 1 unspecified atom stereocenters. The Hall–Kier alpha value is -2.93. The fourth-order valence-corrected chi connectivity index (χ4v) is 4.25. The van der Waals surface area contributed by atoms with E-state index in [1.807, 2.05) is 49.5 Å². The van der Waals surface area contributed by atoms with Gasteiger partial charge in [-0.3, -0.25) is 4.79 Å². The smallest absolute Gasteiger partial charge is 0.258 e. The van der Waals surface area contributed by atoms with Gasteiger partial charge in [0.25, 0.3) is 5.91 Å². The van der Waals surface area contributed by atoms with E-state index < -0.39 is 0 Å². The molecule has 1 amide bonds. The quantitative estimate of drug-likeness (QED) is 0.595. The number of anilines is 2. The average Bonchev–Trinajstić information content (AvgIpc) is 3.54. The predicted molar refractivity (Wildman–Crippen MR) is 124 cm³/mol. The molecule has 0 radical (unpaired) electrons. The maximum Gasteiger partial charge on any atom is 0.258 e. The highest BCUT2D eigenvalue weighted by molar-refractivity contribution is 7.81. The van der Waals surface area contributed by atoms with Gasteiger partial charge < -0.3 is 21.3 Å². The van der Waals surface area contributed by atoms with Crippen molar-refractivity contribution in [3.63, 3.8) is 0 Å². The highest BCUT2D eigenvalue weighted by Crippen LogP contribution is 2.39. The van der Waals surface area contributed by atoms with Crippen LogP contribution >= 0.6 is 12.2 Å². The first-order chi connectivity index (χ1) is 14.5. The Morgan fingerprint density at radius 1 is 1.27 bits per heavy atom. The van der Waals surface area contributed by atoms with Crippen LogP contribution in [0.3, 0.4) is 0 Å². The van der Waals surface area contributed by atoms with Crippen molar-refractivity contribution in [2.24, 2.45) is 11.8 Å². The van der Waals surface area contributed by atoms with Gasteiger partial charge in [0.15, 0.2) is 0 Å². The Morgan fingerprint density at radius 2 is 2.03 bits per heavy atom. The number of rotatable bonds is 7. The van der Waals surface area contributed by atoms with Crippen LogP contribution < -0.4 is 16.4 Å². The molecule has 0 bridgehead atoms. The normalized spacial score (nSPS) is 19.0. The van der Waals surface area contributed by atoms with Crippen molar-refractivity contribution in [3.8, 4) is 0 Å². The topological polar surface area (TPSA) is 83.3 Å². The summed E-state index contributed by atoms with van der Waals surface area (Å²) in [7, 11) is 1.85. The van der Waals surface area contributed by atoms with Gasteiger partial charge in [0, 0.05) is 43.6 Å². The van der Waals surface area contributed by atoms with Crippen LogP contribution in [-0.4, -0.2) is 34.4 Å². The molecule has 0 spiro atoms. The third-order valence-electron chi connectivity index (χ3n) is 5.63. The second kappa shape index (κ2) is 8.83. The highest BCUT2D eigenvalue weighted by atomic mass is 32.1. The molecule has 6 nitrogen and oxygen atoms in total. The molecule has 1 aliphatic carbocycles. The zero-order chi connectivity index (χ0) is 21.1. The SMILES string of the molecule is CN1CC(CC2CC2)C(NCc2ccnc(N)c2)=C(C(=S)Nc2ccccc2)C1=O. The first kappa shape index (κ1) is 20.3. The molecule has 30 heavy (non-hydrogen) atoms. The second-order valence-corrected chi connectivity index (χ2v) is 8.52. The van der Waals surface area contributed by atoms with Crippen LogP contribution in [0.25, 0.3) is 0 Å². The first-order valence-corrected chi connectivity index (χ1v) is 10.7. The summed E-state index contributed by atoms with van der Waals surface area (Å²) in [6, 6.07) is 13.5. The zero-order valence-corrected chi connectivity index (χ0v) is 17.9. The minimum atomic E-state index is -0.0489.